The number of hydrogen-bond donors (Lipinski definition) is 1. The Bertz CT molecular complexity index is 882. The van der Waals surface area contributed by atoms with Crippen molar-refractivity contribution < 1.29 is 13.2 Å². The number of fused-ring (bicyclic) bond motifs is 1. The molecule has 108 valence electrons. The van der Waals surface area contributed by atoms with E-state index in [9.17, 15) is 13.2 Å². The minimum Gasteiger partial charge on any atom is -0.329 e. The van der Waals surface area contributed by atoms with Gasteiger partial charge in [0.1, 0.15) is 0 Å². The molecule has 1 aromatic carbocycles. The third kappa shape index (κ3) is 2.49. The molecule has 0 saturated carbocycles. The van der Waals surface area contributed by atoms with Crippen molar-refractivity contribution in [1.29, 1.82) is 0 Å². The van der Waals surface area contributed by atoms with E-state index >= 15 is 0 Å². The van der Waals surface area contributed by atoms with Gasteiger partial charge in [-0.15, -0.1) is 0 Å². The molecule has 2 heterocycles. The van der Waals surface area contributed by atoms with Crippen molar-refractivity contribution in [2.24, 2.45) is 0 Å². The molecule has 0 aliphatic carbocycles. The largest absolute Gasteiger partial charge is 0.417 e. The van der Waals surface area contributed by atoms with E-state index in [0.29, 0.717) is 21.6 Å². The van der Waals surface area contributed by atoms with Gasteiger partial charge in [0.05, 0.1) is 16.8 Å². The van der Waals surface area contributed by atoms with Gasteiger partial charge in [-0.1, -0.05) is 15.9 Å². The molecule has 0 atom stereocenters. The summed E-state index contributed by atoms with van der Waals surface area (Å²) in [7, 11) is 0. The van der Waals surface area contributed by atoms with Crippen LogP contribution in [0.1, 0.15) is 5.56 Å². The molecule has 0 amide bonds. The van der Waals surface area contributed by atoms with Crippen LogP contribution in [0.25, 0.3) is 16.9 Å². The van der Waals surface area contributed by atoms with Crippen molar-refractivity contribution in [2.45, 2.75) is 6.18 Å². The monoisotopic (exact) mass is 373 g/mol. The van der Waals surface area contributed by atoms with E-state index in [1.165, 1.54) is 10.6 Å². The lowest BCUT2D eigenvalue weighted by Crippen LogP contribution is -2.07. The molecule has 0 radical (unpaired) electrons. The SMILES string of the molecule is FC(F)(F)c1cc(-n2c(=S)[nH]c3cccnc32)ccc1Br. The number of alkyl halides is 3. The maximum atomic E-state index is 13.0. The average Bonchev–Trinajstić information content (AvgIpc) is 2.74. The number of aromatic amines is 1. The van der Waals surface area contributed by atoms with E-state index in [0.717, 1.165) is 6.07 Å². The second-order valence-corrected chi connectivity index (χ2v) is 5.54. The molecule has 8 heteroatoms. The number of benzene rings is 1. The number of rotatable bonds is 1. The van der Waals surface area contributed by atoms with Crippen molar-refractivity contribution in [3.63, 3.8) is 0 Å². The number of aromatic nitrogens is 3. The van der Waals surface area contributed by atoms with Gasteiger partial charge in [0.2, 0.25) is 0 Å². The Kier molecular flexibility index (Phi) is 3.37. The number of pyridine rings is 1. The first-order chi connectivity index (χ1) is 9.88. The summed E-state index contributed by atoms with van der Waals surface area (Å²) in [5, 5.41) is 0. The topological polar surface area (TPSA) is 33.6 Å². The van der Waals surface area contributed by atoms with Crippen molar-refractivity contribution in [3.8, 4) is 5.69 Å². The van der Waals surface area contributed by atoms with Gasteiger partial charge in [0, 0.05) is 10.7 Å². The maximum absolute atomic E-state index is 13.0. The fourth-order valence-electron chi connectivity index (χ4n) is 2.05. The molecule has 3 rings (SSSR count). The van der Waals surface area contributed by atoms with E-state index in [4.69, 9.17) is 12.2 Å². The van der Waals surface area contributed by atoms with Crippen LogP contribution in [-0.4, -0.2) is 14.5 Å². The summed E-state index contributed by atoms with van der Waals surface area (Å²) < 4.78 is 40.7. The van der Waals surface area contributed by atoms with E-state index in [1.54, 1.807) is 24.4 Å². The number of hydrogen-bond acceptors (Lipinski definition) is 2. The molecular weight excluding hydrogens is 367 g/mol. The Hall–Kier alpha value is -1.67. The molecule has 0 unspecified atom stereocenters. The third-order valence-corrected chi connectivity index (χ3v) is 3.93. The van der Waals surface area contributed by atoms with Crippen LogP contribution in [0.4, 0.5) is 13.2 Å². The van der Waals surface area contributed by atoms with Gasteiger partial charge in [0.25, 0.3) is 0 Å². The van der Waals surface area contributed by atoms with Crippen molar-refractivity contribution >= 4 is 39.3 Å². The number of H-pyrrole nitrogens is 1. The molecule has 0 fully saturated rings. The zero-order chi connectivity index (χ0) is 15.2. The first-order valence-electron chi connectivity index (χ1n) is 5.81. The molecule has 3 nitrogen and oxygen atoms in total. The Morgan fingerprint density at radius 1 is 1.24 bits per heavy atom. The van der Waals surface area contributed by atoms with Crippen molar-refractivity contribution in [2.75, 3.05) is 0 Å². The number of imidazole rings is 1. The van der Waals surface area contributed by atoms with Crippen LogP contribution >= 0.6 is 28.1 Å². The van der Waals surface area contributed by atoms with Gasteiger partial charge in [-0.2, -0.15) is 13.2 Å². The van der Waals surface area contributed by atoms with E-state index in [2.05, 4.69) is 25.9 Å². The summed E-state index contributed by atoms with van der Waals surface area (Å²) in [6, 6.07) is 7.43. The normalized spacial score (nSPS) is 12.0. The smallest absolute Gasteiger partial charge is 0.329 e. The third-order valence-electron chi connectivity index (χ3n) is 2.96. The molecule has 0 aliphatic heterocycles. The van der Waals surface area contributed by atoms with E-state index in [-0.39, 0.29) is 4.47 Å². The summed E-state index contributed by atoms with van der Waals surface area (Å²) in [5.41, 5.74) is 0.699. The average molecular weight is 374 g/mol. The lowest BCUT2D eigenvalue weighted by Gasteiger charge is -2.12. The number of halogens is 4. The highest BCUT2D eigenvalue weighted by atomic mass is 79.9. The predicted molar refractivity (Wildman–Crippen MR) is 79.0 cm³/mol. The molecule has 0 aliphatic rings. The van der Waals surface area contributed by atoms with Crippen molar-refractivity contribution in [3.05, 3.63) is 51.3 Å². The van der Waals surface area contributed by atoms with Gasteiger partial charge < -0.3 is 4.98 Å². The van der Waals surface area contributed by atoms with Crippen LogP contribution in [0.3, 0.4) is 0 Å². The standard InChI is InChI=1S/C13H7BrF3N3S/c14-9-4-3-7(6-8(9)13(15,16)17)20-11-10(19-12(20)21)2-1-5-18-11/h1-6H,(H,19,21). The molecule has 21 heavy (non-hydrogen) atoms. The van der Waals surface area contributed by atoms with Gasteiger partial charge in [-0.25, -0.2) is 4.98 Å². The van der Waals surface area contributed by atoms with Gasteiger partial charge in [-0.3, -0.25) is 4.57 Å². The highest BCUT2D eigenvalue weighted by Gasteiger charge is 2.33. The predicted octanol–water partition coefficient (Wildman–Crippen LogP) is 4.86. The van der Waals surface area contributed by atoms with E-state index in [1.807, 2.05) is 0 Å². The Balaban J connectivity index is 2.29. The van der Waals surface area contributed by atoms with Crippen LogP contribution < -0.4 is 0 Å². The molecule has 1 N–H and O–H groups in total. The van der Waals surface area contributed by atoms with Crippen LogP contribution in [0.2, 0.25) is 0 Å². The second kappa shape index (κ2) is 4.96. The van der Waals surface area contributed by atoms with Crippen molar-refractivity contribution in [1.82, 2.24) is 14.5 Å². The molecule has 0 bridgehead atoms. The molecule has 2 aromatic heterocycles. The zero-order valence-corrected chi connectivity index (χ0v) is 12.7. The highest BCUT2D eigenvalue weighted by molar-refractivity contribution is 9.10. The second-order valence-electron chi connectivity index (χ2n) is 4.30. The first-order valence-corrected chi connectivity index (χ1v) is 7.01. The van der Waals surface area contributed by atoms with Crippen LogP contribution in [0.5, 0.6) is 0 Å². The molecule has 0 saturated heterocycles. The maximum Gasteiger partial charge on any atom is 0.417 e. The van der Waals surface area contributed by atoms with Gasteiger partial charge >= 0.3 is 6.18 Å². The summed E-state index contributed by atoms with van der Waals surface area (Å²) in [6.07, 6.45) is -2.89. The summed E-state index contributed by atoms with van der Waals surface area (Å²) >= 11 is 8.10. The van der Waals surface area contributed by atoms with Crippen LogP contribution in [0.15, 0.2) is 41.0 Å². The van der Waals surface area contributed by atoms with Crippen LogP contribution in [-0.2, 0) is 6.18 Å². The molecular formula is C13H7BrF3N3S. The summed E-state index contributed by atoms with van der Waals surface area (Å²) in [4.78, 5) is 7.09. The van der Waals surface area contributed by atoms with Crippen LogP contribution in [0, 0.1) is 4.77 Å². The number of nitrogens with zero attached hydrogens (tertiary/aromatic N) is 2. The summed E-state index contributed by atoms with van der Waals surface area (Å²) in [6.45, 7) is 0. The fourth-order valence-corrected chi connectivity index (χ4v) is 2.82. The lowest BCUT2D eigenvalue weighted by atomic mass is 10.2. The van der Waals surface area contributed by atoms with E-state index < -0.39 is 11.7 Å². The Morgan fingerprint density at radius 2 is 2.00 bits per heavy atom. The number of nitrogens with one attached hydrogen (secondary N) is 1. The minimum absolute atomic E-state index is 0.0157. The minimum atomic E-state index is -4.45. The zero-order valence-electron chi connectivity index (χ0n) is 10.3. The first kappa shape index (κ1) is 14.3. The highest BCUT2D eigenvalue weighted by Crippen LogP contribution is 2.36. The Morgan fingerprint density at radius 3 is 2.71 bits per heavy atom. The fraction of sp³-hybridized carbons (Fsp3) is 0.0769. The Labute approximate surface area is 130 Å². The molecule has 0 spiro atoms. The van der Waals surface area contributed by atoms with Gasteiger partial charge in [-0.05, 0) is 42.5 Å². The van der Waals surface area contributed by atoms with Gasteiger partial charge in [0.15, 0.2) is 10.4 Å². The molecule has 3 aromatic rings. The quantitative estimate of drug-likeness (QED) is 0.617. The lowest BCUT2D eigenvalue weighted by molar-refractivity contribution is -0.138. The summed E-state index contributed by atoms with van der Waals surface area (Å²) in [5.74, 6) is 0.